The van der Waals surface area contributed by atoms with Gasteiger partial charge in [0.15, 0.2) is 0 Å². The Morgan fingerprint density at radius 3 is 2.32 bits per heavy atom. The first kappa shape index (κ1) is 21.7. The molecule has 1 aromatic carbocycles. The monoisotopic (exact) mass is 435 g/mol. The lowest BCUT2D eigenvalue weighted by Gasteiger charge is -2.38. The molecular formula is C22H28F3N5O. The van der Waals surface area contributed by atoms with Crippen molar-refractivity contribution in [2.75, 3.05) is 20.1 Å². The highest BCUT2D eigenvalue weighted by Gasteiger charge is 2.38. The van der Waals surface area contributed by atoms with Crippen LogP contribution in [0.2, 0.25) is 0 Å². The van der Waals surface area contributed by atoms with Crippen molar-refractivity contribution in [1.29, 1.82) is 0 Å². The number of imidazole rings is 1. The van der Waals surface area contributed by atoms with E-state index in [2.05, 4.69) is 20.2 Å². The molecule has 1 aliphatic heterocycles. The van der Waals surface area contributed by atoms with E-state index in [1.54, 1.807) is 7.05 Å². The molecule has 2 fully saturated rings. The van der Waals surface area contributed by atoms with Crippen LogP contribution in [-0.2, 0) is 12.7 Å². The van der Waals surface area contributed by atoms with Crippen LogP contribution < -0.4 is 5.32 Å². The molecule has 1 saturated heterocycles. The highest BCUT2D eigenvalue weighted by atomic mass is 19.4. The Morgan fingerprint density at radius 1 is 1.16 bits per heavy atom. The van der Waals surface area contributed by atoms with Gasteiger partial charge in [0.05, 0.1) is 11.3 Å². The minimum atomic E-state index is -4.35. The van der Waals surface area contributed by atoms with E-state index in [-0.39, 0.29) is 12.1 Å². The molecule has 2 aromatic rings. The average Bonchev–Trinajstić information content (AvgIpc) is 3.51. The summed E-state index contributed by atoms with van der Waals surface area (Å²) in [6.45, 7) is 4.38. The number of likely N-dealkylation sites (tertiary alicyclic amines) is 1. The molecule has 6 nitrogen and oxygen atoms in total. The number of amides is 2. The second kappa shape index (κ2) is 8.53. The van der Waals surface area contributed by atoms with Crippen molar-refractivity contribution in [3.8, 4) is 11.4 Å². The summed E-state index contributed by atoms with van der Waals surface area (Å²) < 4.78 is 38.4. The number of hydrogen-bond donors (Lipinski definition) is 2. The van der Waals surface area contributed by atoms with Crippen LogP contribution in [0, 0.1) is 6.92 Å². The maximum atomic E-state index is 12.8. The molecule has 2 heterocycles. The van der Waals surface area contributed by atoms with Crippen LogP contribution in [0.3, 0.4) is 0 Å². The zero-order chi connectivity index (χ0) is 22.2. The van der Waals surface area contributed by atoms with Gasteiger partial charge in [-0.2, -0.15) is 13.2 Å². The molecule has 1 aromatic heterocycles. The number of halogens is 3. The number of piperidine rings is 1. The lowest BCUT2D eigenvalue weighted by molar-refractivity contribution is -0.137. The van der Waals surface area contributed by atoms with E-state index in [0.717, 1.165) is 62.3 Å². The summed E-state index contributed by atoms with van der Waals surface area (Å²) >= 11 is 0. The fourth-order valence-electron chi connectivity index (χ4n) is 4.28. The van der Waals surface area contributed by atoms with Gasteiger partial charge in [0, 0.05) is 50.0 Å². The standard InChI is InChI=1S/C22H28F3N5O/c1-14-19(28-20(27-14)15-3-5-16(6-4-15)22(23,24)25)13-29-11-9-18(10-12-29)30(17-7-8-17)21(31)26-2/h3-6,17-18H,7-13H2,1-2H3,(H,26,31)(H,27,28). The Balaban J connectivity index is 1.38. The van der Waals surface area contributed by atoms with Crippen LogP contribution in [-0.4, -0.2) is 58.0 Å². The number of rotatable bonds is 5. The number of carbonyl (C=O) groups excluding carboxylic acids is 1. The molecule has 0 bridgehead atoms. The van der Waals surface area contributed by atoms with Gasteiger partial charge in [0.2, 0.25) is 0 Å². The van der Waals surface area contributed by atoms with E-state index in [1.807, 2.05) is 11.8 Å². The first-order valence-corrected chi connectivity index (χ1v) is 10.7. The van der Waals surface area contributed by atoms with E-state index < -0.39 is 11.7 Å². The van der Waals surface area contributed by atoms with Gasteiger partial charge in [-0.15, -0.1) is 0 Å². The summed E-state index contributed by atoms with van der Waals surface area (Å²) in [6, 6.07) is 5.72. The number of aromatic amines is 1. The Kier molecular flexibility index (Phi) is 5.96. The first-order chi connectivity index (χ1) is 14.8. The van der Waals surface area contributed by atoms with Crippen LogP contribution >= 0.6 is 0 Å². The minimum Gasteiger partial charge on any atom is -0.342 e. The van der Waals surface area contributed by atoms with Crippen LogP contribution in [0.5, 0.6) is 0 Å². The number of alkyl halides is 3. The number of H-pyrrole nitrogens is 1. The summed E-state index contributed by atoms with van der Waals surface area (Å²) in [5.41, 5.74) is 1.78. The SMILES string of the molecule is CNC(=O)N(C1CC1)C1CCN(Cc2nc(-c3ccc(C(F)(F)F)cc3)[nH]c2C)CC1. The van der Waals surface area contributed by atoms with Crippen molar-refractivity contribution >= 4 is 6.03 Å². The maximum absolute atomic E-state index is 12.8. The van der Waals surface area contributed by atoms with Gasteiger partial charge in [-0.3, -0.25) is 4.90 Å². The lowest BCUT2D eigenvalue weighted by Crippen LogP contribution is -2.51. The molecule has 31 heavy (non-hydrogen) atoms. The fraction of sp³-hybridized carbons (Fsp3) is 0.545. The van der Waals surface area contributed by atoms with Gasteiger partial charge < -0.3 is 15.2 Å². The van der Waals surface area contributed by atoms with Gasteiger partial charge in [-0.05, 0) is 44.7 Å². The molecule has 0 unspecified atom stereocenters. The molecule has 168 valence electrons. The summed E-state index contributed by atoms with van der Waals surface area (Å²) in [4.78, 5) is 24.4. The first-order valence-electron chi connectivity index (χ1n) is 10.7. The number of benzene rings is 1. The molecule has 0 radical (unpaired) electrons. The Bertz CT molecular complexity index is 912. The molecule has 0 atom stereocenters. The van der Waals surface area contributed by atoms with E-state index >= 15 is 0 Å². The number of aryl methyl sites for hydroxylation is 1. The number of nitrogens with zero attached hydrogens (tertiary/aromatic N) is 3. The average molecular weight is 435 g/mol. The van der Waals surface area contributed by atoms with Gasteiger partial charge in [0.1, 0.15) is 5.82 Å². The number of nitrogens with one attached hydrogen (secondary N) is 2. The largest absolute Gasteiger partial charge is 0.416 e. The number of carbonyl (C=O) groups is 1. The summed E-state index contributed by atoms with van der Waals surface area (Å²) in [5.74, 6) is 0.579. The van der Waals surface area contributed by atoms with Crippen molar-refractivity contribution in [2.24, 2.45) is 0 Å². The number of aromatic nitrogens is 2. The van der Waals surface area contributed by atoms with Crippen molar-refractivity contribution in [1.82, 2.24) is 25.1 Å². The predicted molar refractivity (Wildman–Crippen MR) is 111 cm³/mol. The highest BCUT2D eigenvalue weighted by Crippen LogP contribution is 2.33. The molecule has 9 heteroatoms. The van der Waals surface area contributed by atoms with Crippen molar-refractivity contribution in [3.05, 3.63) is 41.2 Å². The molecule has 2 aliphatic rings. The van der Waals surface area contributed by atoms with Crippen LogP contribution in [0.4, 0.5) is 18.0 Å². The maximum Gasteiger partial charge on any atom is 0.416 e. The van der Waals surface area contributed by atoms with Crippen molar-refractivity contribution in [2.45, 2.75) is 57.4 Å². The summed E-state index contributed by atoms with van der Waals surface area (Å²) in [7, 11) is 1.68. The summed E-state index contributed by atoms with van der Waals surface area (Å²) in [5, 5.41) is 2.77. The number of hydrogen-bond acceptors (Lipinski definition) is 3. The molecular weight excluding hydrogens is 407 g/mol. The van der Waals surface area contributed by atoms with E-state index in [4.69, 9.17) is 0 Å². The van der Waals surface area contributed by atoms with Crippen molar-refractivity contribution in [3.63, 3.8) is 0 Å². The smallest absolute Gasteiger partial charge is 0.342 e. The molecule has 1 saturated carbocycles. The molecule has 2 N–H and O–H groups in total. The Hall–Kier alpha value is -2.55. The third-order valence-electron chi connectivity index (χ3n) is 6.18. The normalized spacial score (nSPS) is 18.2. The van der Waals surface area contributed by atoms with Crippen LogP contribution in [0.1, 0.15) is 42.6 Å². The van der Waals surface area contributed by atoms with Gasteiger partial charge >= 0.3 is 12.2 Å². The topological polar surface area (TPSA) is 64.3 Å². The van der Waals surface area contributed by atoms with Crippen LogP contribution in [0.25, 0.3) is 11.4 Å². The second-order valence-electron chi connectivity index (χ2n) is 8.43. The van der Waals surface area contributed by atoms with Crippen molar-refractivity contribution < 1.29 is 18.0 Å². The highest BCUT2D eigenvalue weighted by molar-refractivity contribution is 5.75. The lowest BCUT2D eigenvalue weighted by atomic mass is 10.0. The quantitative estimate of drug-likeness (QED) is 0.741. The molecule has 0 spiro atoms. The number of urea groups is 1. The Morgan fingerprint density at radius 2 is 1.77 bits per heavy atom. The van der Waals surface area contributed by atoms with Gasteiger partial charge in [0.25, 0.3) is 0 Å². The van der Waals surface area contributed by atoms with E-state index in [0.29, 0.717) is 24.0 Å². The summed E-state index contributed by atoms with van der Waals surface area (Å²) in [6.07, 6.45) is -0.306. The van der Waals surface area contributed by atoms with Crippen LogP contribution in [0.15, 0.2) is 24.3 Å². The predicted octanol–water partition coefficient (Wildman–Crippen LogP) is 4.17. The third-order valence-corrected chi connectivity index (χ3v) is 6.18. The molecule has 4 rings (SSSR count). The zero-order valence-corrected chi connectivity index (χ0v) is 17.8. The second-order valence-corrected chi connectivity index (χ2v) is 8.43. The minimum absolute atomic E-state index is 0.0188. The van der Waals surface area contributed by atoms with Gasteiger partial charge in [-0.1, -0.05) is 12.1 Å². The fourth-order valence-corrected chi connectivity index (χ4v) is 4.28. The Labute approximate surface area is 179 Å². The van der Waals surface area contributed by atoms with E-state index in [9.17, 15) is 18.0 Å². The third kappa shape index (κ3) is 4.87. The van der Waals surface area contributed by atoms with E-state index in [1.165, 1.54) is 12.1 Å². The molecule has 2 amide bonds. The molecule has 1 aliphatic carbocycles. The van der Waals surface area contributed by atoms with Gasteiger partial charge in [-0.25, -0.2) is 9.78 Å². The zero-order valence-electron chi connectivity index (χ0n) is 17.8.